The van der Waals surface area contributed by atoms with Crippen molar-refractivity contribution >= 4 is 31.9 Å². The van der Waals surface area contributed by atoms with E-state index in [-0.39, 0.29) is 16.8 Å². The second kappa shape index (κ2) is 6.66. The van der Waals surface area contributed by atoms with Crippen molar-refractivity contribution in [3.8, 4) is 0 Å². The lowest BCUT2D eigenvalue weighted by molar-refractivity contribution is 0.0736. The Kier molecular flexibility index (Phi) is 5.26. The number of hydrogen-bond donors (Lipinski definition) is 2. The number of nitrogens with one attached hydrogen (secondary N) is 1. The molecule has 1 aromatic carbocycles. The van der Waals surface area contributed by atoms with Crippen molar-refractivity contribution in [2.45, 2.75) is 30.7 Å². The van der Waals surface area contributed by atoms with E-state index in [4.69, 9.17) is 5.14 Å². The van der Waals surface area contributed by atoms with Gasteiger partial charge in [-0.15, -0.1) is 0 Å². The van der Waals surface area contributed by atoms with Crippen LogP contribution in [0.4, 0.5) is 0 Å². The van der Waals surface area contributed by atoms with Gasteiger partial charge in [0.15, 0.2) is 0 Å². The summed E-state index contributed by atoms with van der Waals surface area (Å²) in [6, 6.07) is 3.21. The van der Waals surface area contributed by atoms with Gasteiger partial charge in [-0.25, -0.2) is 13.6 Å². The fraction of sp³-hybridized carbons (Fsp3) is 0.500. The normalized spacial score (nSPS) is 18.7. The summed E-state index contributed by atoms with van der Waals surface area (Å²) < 4.78 is 23.9. The maximum atomic E-state index is 12.8. The summed E-state index contributed by atoms with van der Waals surface area (Å²) in [4.78, 5) is 14.6. The zero-order valence-corrected chi connectivity index (χ0v) is 15.0. The van der Waals surface area contributed by atoms with Crippen LogP contribution in [0.15, 0.2) is 21.5 Å². The number of carbonyl (C=O) groups excluding carboxylic acids is 1. The topological polar surface area (TPSA) is 92.5 Å². The van der Waals surface area contributed by atoms with Crippen LogP contribution in [0, 0.1) is 6.92 Å². The zero-order valence-electron chi connectivity index (χ0n) is 12.6. The van der Waals surface area contributed by atoms with Gasteiger partial charge in [-0.1, -0.05) is 15.9 Å². The Morgan fingerprint density at radius 1 is 1.50 bits per heavy atom. The Labute approximate surface area is 139 Å². The van der Waals surface area contributed by atoms with E-state index in [2.05, 4.69) is 21.2 Å². The van der Waals surface area contributed by atoms with Crippen LogP contribution in [-0.2, 0) is 10.0 Å². The molecule has 1 aliphatic rings. The average molecular weight is 390 g/mol. The molecule has 1 heterocycles. The Morgan fingerprint density at radius 2 is 2.18 bits per heavy atom. The molecule has 3 N–H and O–H groups in total. The lowest BCUT2D eigenvalue weighted by Gasteiger charge is -2.25. The molecule has 1 atom stereocenters. The fourth-order valence-corrected chi connectivity index (χ4v) is 4.31. The first-order valence-electron chi connectivity index (χ1n) is 7.04. The summed E-state index contributed by atoms with van der Waals surface area (Å²) in [5, 5.41) is 8.33. The molecule has 1 fully saturated rings. The largest absolute Gasteiger partial charge is 0.334 e. The maximum Gasteiger partial charge on any atom is 0.254 e. The van der Waals surface area contributed by atoms with Crippen LogP contribution in [0.2, 0.25) is 0 Å². The molecule has 8 heteroatoms. The second-order valence-corrected chi connectivity index (χ2v) is 7.92. The van der Waals surface area contributed by atoms with E-state index in [0.717, 1.165) is 19.4 Å². The van der Waals surface area contributed by atoms with Crippen molar-refractivity contribution in [1.29, 1.82) is 0 Å². The molecule has 0 radical (unpaired) electrons. The third-order valence-electron chi connectivity index (χ3n) is 3.94. The van der Waals surface area contributed by atoms with E-state index in [1.807, 2.05) is 7.05 Å². The quantitative estimate of drug-likeness (QED) is 0.809. The molecule has 1 aromatic rings. The van der Waals surface area contributed by atoms with Gasteiger partial charge >= 0.3 is 0 Å². The molecule has 2 rings (SSSR count). The van der Waals surface area contributed by atoms with E-state index in [9.17, 15) is 13.2 Å². The molecule has 0 bridgehead atoms. The number of primary sulfonamides is 1. The average Bonchev–Trinajstić information content (AvgIpc) is 2.87. The number of hydrogen-bond acceptors (Lipinski definition) is 4. The number of halogens is 1. The molecule has 122 valence electrons. The van der Waals surface area contributed by atoms with Crippen molar-refractivity contribution in [3.63, 3.8) is 0 Å². The lowest BCUT2D eigenvalue weighted by Crippen LogP contribution is -2.41. The minimum Gasteiger partial charge on any atom is -0.334 e. The molecular formula is C14H20BrN3O3S. The van der Waals surface area contributed by atoms with E-state index >= 15 is 0 Å². The van der Waals surface area contributed by atoms with Gasteiger partial charge in [0.1, 0.15) is 0 Å². The molecule has 0 aromatic heterocycles. The highest BCUT2D eigenvalue weighted by atomic mass is 79.9. The van der Waals surface area contributed by atoms with Gasteiger partial charge in [0.25, 0.3) is 5.91 Å². The zero-order chi connectivity index (χ0) is 16.5. The van der Waals surface area contributed by atoms with E-state index in [1.54, 1.807) is 17.9 Å². The Hall–Kier alpha value is -0.960. The fourth-order valence-electron chi connectivity index (χ4n) is 2.88. The second-order valence-electron chi connectivity index (χ2n) is 5.47. The van der Waals surface area contributed by atoms with Crippen LogP contribution < -0.4 is 10.5 Å². The third-order valence-corrected chi connectivity index (χ3v) is 5.43. The number of amides is 1. The van der Waals surface area contributed by atoms with Crippen molar-refractivity contribution in [2.24, 2.45) is 5.14 Å². The van der Waals surface area contributed by atoms with Gasteiger partial charge in [0.05, 0.1) is 4.90 Å². The van der Waals surface area contributed by atoms with Crippen LogP contribution in [0.3, 0.4) is 0 Å². The predicted octanol–water partition coefficient (Wildman–Crippen LogP) is 1.23. The Balaban J connectivity index is 2.44. The van der Waals surface area contributed by atoms with Gasteiger partial charge < -0.3 is 10.2 Å². The van der Waals surface area contributed by atoms with Gasteiger partial charge in [0.2, 0.25) is 10.0 Å². The number of benzene rings is 1. The summed E-state index contributed by atoms with van der Waals surface area (Å²) in [6.07, 6.45) is 1.90. The first kappa shape index (κ1) is 17.4. The van der Waals surface area contributed by atoms with Gasteiger partial charge in [-0.2, -0.15) is 0 Å². The molecule has 22 heavy (non-hydrogen) atoms. The first-order chi connectivity index (χ1) is 10.3. The Morgan fingerprint density at radius 3 is 2.77 bits per heavy atom. The number of nitrogens with zero attached hydrogens (tertiary/aromatic N) is 1. The highest BCUT2D eigenvalue weighted by molar-refractivity contribution is 9.10. The van der Waals surface area contributed by atoms with E-state index in [0.29, 0.717) is 22.1 Å². The summed E-state index contributed by atoms with van der Waals surface area (Å²) in [7, 11) is -2.02. The highest BCUT2D eigenvalue weighted by Crippen LogP contribution is 2.27. The van der Waals surface area contributed by atoms with Crippen molar-refractivity contribution < 1.29 is 13.2 Å². The SMILES string of the molecule is CNCC1CCCN1C(=O)c1cc(Br)cc(S(N)(=O)=O)c1C. The minimum absolute atomic E-state index is 0.0189. The molecule has 6 nitrogen and oxygen atoms in total. The summed E-state index contributed by atoms with van der Waals surface area (Å²) in [6.45, 7) is 3.02. The molecule has 1 aliphatic heterocycles. The molecule has 1 saturated heterocycles. The van der Waals surface area contributed by atoms with Crippen molar-refractivity contribution in [1.82, 2.24) is 10.2 Å². The van der Waals surface area contributed by atoms with E-state index in [1.165, 1.54) is 6.07 Å². The van der Waals surface area contributed by atoms with Crippen LogP contribution in [0.1, 0.15) is 28.8 Å². The van der Waals surface area contributed by atoms with Crippen LogP contribution in [0.25, 0.3) is 0 Å². The third kappa shape index (κ3) is 3.51. The van der Waals surface area contributed by atoms with Gasteiger partial charge in [0, 0.05) is 29.2 Å². The van der Waals surface area contributed by atoms with Crippen LogP contribution in [0.5, 0.6) is 0 Å². The summed E-state index contributed by atoms with van der Waals surface area (Å²) in [5.74, 6) is -0.151. The minimum atomic E-state index is -3.87. The molecule has 0 saturated carbocycles. The van der Waals surface area contributed by atoms with Crippen molar-refractivity contribution in [3.05, 3.63) is 27.7 Å². The summed E-state index contributed by atoms with van der Waals surface area (Å²) in [5.41, 5.74) is 0.771. The molecular weight excluding hydrogens is 370 g/mol. The molecule has 0 spiro atoms. The number of sulfonamides is 1. The lowest BCUT2D eigenvalue weighted by atomic mass is 10.1. The number of nitrogens with two attached hydrogens (primary N) is 1. The number of carbonyl (C=O) groups is 1. The van der Waals surface area contributed by atoms with Crippen molar-refractivity contribution in [2.75, 3.05) is 20.1 Å². The molecule has 0 aliphatic carbocycles. The number of likely N-dealkylation sites (tertiary alicyclic amines) is 1. The predicted molar refractivity (Wildman–Crippen MR) is 88.2 cm³/mol. The smallest absolute Gasteiger partial charge is 0.254 e. The van der Waals surface area contributed by atoms with Gasteiger partial charge in [-0.05, 0) is 44.5 Å². The highest BCUT2D eigenvalue weighted by Gasteiger charge is 2.30. The monoisotopic (exact) mass is 389 g/mol. The maximum absolute atomic E-state index is 12.8. The van der Waals surface area contributed by atoms with Crippen LogP contribution in [-0.4, -0.2) is 45.4 Å². The Bertz CT molecular complexity index is 691. The summed E-state index contributed by atoms with van der Waals surface area (Å²) >= 11 is 3.26. The molecule has 1 amide bonds. The van der Waals surface area contributed by atoms with E-state index < -0.39 is 10.0 Å². The standard InChI is InChI=1S/C14H20BrN3O3S/c1-9-12(6-10(15)7-13(9)22(16,20)21)14(19)18-5-3-4-11(18)8-17-2/h6-7,11,17H,3-5,8H2,1-2H3,(H2,16,20,21). The molecule has 1 unspecified atom stereocenters. The first-order valence-corrected chi connectivity index (χ1v) is 9.38. The van der Waals surface area contributed by atoms with Crippen LogP contribution >= 0.6 is 15.9 Å². The number of likely N-dealkylation sites (N-methyl/N-ethyl adjacent to an activating group) is 1. The van der Waals surface area contributed by atoms with Gasteiger partial charge in [-0.3, -0.25) is 4.79 Å². The number of rotatable bonds is 4.